The van der Waals surface area contributed by atoms with Crippen molar-refractivity contribution in [3.05, 3.63) is 71.8 Å². The van der Waals surface area contributed by atoms with Crippen LogP contribution in [0.15, 0.2) is 60.7 Å². The first-order chi connectivity index (χ1) is 19.4. The summed E-state index contributed by atoms with van der Waals surface area (Å²) in [7, 11) is 0. The Labute approximate surface area is 237 Å². The van der Waals surface area contributed by atoms with Crippen LogP contribution in [-0.4, -0.2) is 87.8 Å². The molecule has 0 radical (unpaired) electrons. The van der Waals surface area contributed by atoms with Crippen molar-refractivity contribution < 1.29 is 23.4 Å². The first-order valence-electron chi connectivity index (χ1n) is 13.5. The van der Waals surface area contributed by atoms with E-state index in [9.17, 15) is 13.6 Å². The van der Waals surface area contributed by atoms with Gasteiger partial charge in [-0.2, -0.15) is 0 Å². The van der Waals surface area contributed by atoms with E-state index in [1.807, 2.05) is 24.3 Å². The predicted molar refractivity (Wildman–Crippen MR) is 158 cm³/mol. The van der Waals surface area contributed by atoms with Crippen LogP contribution in [0, 0.1) is 11.8 Å². The van der Waals surface area contributed by atoms with Crippen LogP contribution >= 0.6 is 0 Å². The Kier molecular flexibility index (Phi) is 8.99. The van der Waals surface area contributed by atoms with E-state index in [2.05, 4.69) is 58.0 Å². The van der Waals surface area contributed by atoms with Gasteiger partial charge >= 0.3 is 5.97 Å². The summed E-state index contributed by atoms with van der Waals surface area (Å²) in [6, 6.07) is 20.3. The van der Waals surface area contributed by atoms with Gasteiger partial charge in [0.1, 0.15) is 0 Å². The van der Waals surface area contributed by atoms with Gasteiger partial charge in [-0.05, 0) is 54.8 Å². The molecule has 9 nitrogen and oxygen atoms in total. The molecule has 2 fully saturated rings. The lowest BCUT2D eigenvalue weighted by Crippen LogP contribution is -2.57. The lowest BCUT2D eigenvalue weighted by atomic mass is 10.0. The van der Waals surface area contributed by atoms with Gasteiger partial charge in [-0.25, -0.2) is 9.22 Å². The third-order valence-electron chi connectivity index (χ3n) is 7.34. The fourth-order valence-corrected chi connectivity index (χ4v) is 6.07. The first kappa shape index (κ1) is 28.1. The smallest absolute Gasteiger partial charge is 0.305 e. The Morgan fingerprint density at radius 2 is 1.62 bits per heavy atom. The van der Waals surface area contributed by atoms with Crippen molar-refractivity contribution in [2.45, 2.75) is 19.4 Å². The van der Waals surface area contributed by atoms with Crippen LogP contribution in [0.1, 0.15) is 24.5 Å². The average Bonchev–Trinajstić information content (AvgIpc) is 2.96. The molecule has 2 N–H and O–H groups in total. The zero-order chi connectivity index (χ0) is 28.1. The number of carboxylic acid groups (broad SMARTS) is 1. The molecule has 2 unspecified atom stereocenters. The number of carboxylic acids is 1. The monoisotopic (exact) mass is 562 g/mol. The Balaban J connectivity index is 1.24. The second-order valence-corrected chi connectivity index (χ2v) is 10.9. The molecule has 3 aromatic carbocycles. The molecule has 2 atom stereocenters. The van der Waals surface area contributed by atoms with E-state index in [0.717, 1.165) is 43.1 Å². The number of hydrazine groups is 1. The van der Waals surface area contributed by atoms with Crippen LogP contribution in [0.25, 0.3) is 10.8 Å². The van der Waals surface area contributed by atoms with Gasteiger partial charge in [-0.1, -0.05) is 30.0 Å². The highest BCUT2D eigenvalue weighted by atomic mass is 32.2. The highest BCUT2D eigenvalue weighted by Crippen LogP contribution is 2.28. The fraction of sp³-hybridized carbons (Fsp3) is 0.367. The summed E-state index contributed by atoms with van der Waals surface area (Å²) in [5, 5.41) is 13.3. The number of aliphatic carboxylic acids is 1. The van der Waals surface area contributed by atoms with Crippen molar-refractivity contribution in [2.75, 3.05) is 62.3 Å². The summed E-state index contributed by atoms with van der Waals surface area (Å²) in [6.45, 7) is 7.26. The van der Waals surface area contributed by atoms with E-state index in [1.54, 1.807) is 11.9 Å². The lowest BCUT2D eigenvalue weighted by molar-refractivity contribution is -0.139. The highest BCUT2D eigenvalue weighted by Gasteiger charge is 2.30. The fourth-order valence-electron chi connectivity index (χ4n) is 5.33. The van der Waals surface area contributed by atoms with Gasteiger partial charge in [-0.15, -0.1) is 4.41 Å². The van der Waals surface area contributed by atoms with Gasteiger partial charge in [0, 0.05) is 73.2 Å². The second-order valence-electron chi connectivity index (χ2n) is 10.0. The maximum Gasteiger partial charge on any atom is 0.305 e. The summed E-state index contributed by atoms with van der Waals surface area (Å²) in [5.41, 5.74) is 4.17. The number of morpholine rings is 1. The summed E-state index contributed by atoms with van der Waals surface area (Å²) in [4.78, 5) is 15.7. The Morgan fingerprint density at radius 3 is 2.30 bits per heavy atom. The Hall–Kier alpha value is -3.46. The zero-order valence-electron chi connectivity index (χ0n) is 22.5. The zero-order valence-corrected chi connectivity index (χ0v) is 23.3. The number of hydrogen-bond acceptors (Lipinski definition) is 6. The molecule has 0 saturated carbocycles. The molecule has 210 valence electrons. The number of rotatable bonds is 7. The number of benzene rings is 3. The molecule has 2 aliphatic heterocycles. The molecular weight excluding hydrogens is 528 g/mol. The van der Waals surface area contributed by atoms with E-state index in [0.29, 0.717) is 26.2 Å². The van der Waals surface area contributed by atoms with Gasteiger partial charge in [0.2, 0.25) is 11.3 Å². The molecule has 2 saturated heterocycles. The maximum absolute atomic E-state index is 11.9. The average molecular weight is 563 g/mol. The number of nitrogens with zero attached hydrogens (tertiary/aromatic N) is 4. The molecule has 0 bridgehead atoms. The molecule has 3 aromatic rings. The van der Waals surface area contributed by atoms with Gasteiger partial charge in [0.05, 0.1) is 19.6 Å². The van der Waals surface area contributed by atoms with Crippen molar-refractivity contribution in [3.8, 4) is 11.8 Å². The molecule has 2 aliphatic rings. The minimum Gasteiger partial charge on any atom is -0.481 e. The van der Waals surface area contributed by atoms with E-state index < -0.39 is 23.3 Å². The third-order valence-corrected chi connectivity index (χ3v) is 8.25. The molecule has 10 heteroatoms. The predicted octanol–water partition coefficient (Wildman–Crippen LogP) is 3.42. The van der Waals surface area contributed by atoms with Gasteiger partial charge in [-0.3, -0.25) is 9.35 Å². The molecule has 0 spiro atoms. The third kappa shape index (κ3) is 6.63. The Bertz CT molecular complexity index is 1420. The lowest BCUT2D eigenvalue weighted by Gasteiger charge is -2.41. The second kappa shape index (κ2) is 12.8. The number of hydrogen-bond donors (Lipinski definition) is 2. The van der Waals surface area contributed by atoms with Crippen LogP contribution in [0.2, 0.25) is 0 Å². The van der Waals surface area contributed by atoms with Crippen molar-refractivity contribution >= 4 is 39.4 Å². The van der Waals surface area contributed by atoms with Crippen molar-refractivity contribution in [2.24, 2.45) is 0 Å². The maximum atomic E-state index is 11.9. The minimum absolute atomic E-state index is 0.205. The quantitative estimate of drug-likeness (QED) is 0.334. The summed E-state index contributed by atoms with van der Waals surface area (Å²) >= 11 is -2.28. The molecule has 0 aliphatic carbocycles. The van der Waals surface area contributed by atoms with Gasteiger partial charge < -0.3 is 19.6 Å². The molecule has 0 amide bonds. The number of fused-ring (bicyclic) bond motifs is 1. The minimum atomic E-state index is -2.28. The van der Waals surface area contributed by atoms with Crippen LogP contribution in [0.5, 0.6) is 0 Å². The van der Waals surface area contributed by atoms with Crippen LogP contribution in [-0.2, 0) is 20.8 Å². The normalized spacial score (nSPS) is 17.9. The van der Waals surface area contributed by atoms with E-state index >= 15 is 0 Å². The number of carbonyl (C=O) groups is 1. The van der Waals surface area contributed by atoms with Crippen molar-refractivity contribution in [1.29, 1.82) is 0 Å². The standard InChI is InChI=1S/C30H34N4O5S/c1-23(21-30(35)36)34(40(37)38)33-15-13-31(14-16-33)27-11-8-24(9-12-27)5-6-25-7-10-26-3-2-4-29(28(26)22-25)32-17-19-39-20-18-32/h2-4,7-12,22-23H,13-21H2,1H3,(H,35,36)(H,37,38). The molecule has 40 heavy (non-hydrogen) atoms. The molecular formula is C30H34N4O5S. The van der Waals surface area contributed by atoms with E-state index in [4.69, 9.17) is 9.84 Å². The van der Waals surface area contributed by atoms with Crippen molar-refractivity contribution in [3.63, 3.8) is 0 Å². The van der Waals surface area contributed by atoms with E-state index in [-0.39, 0.29) is 6.42 Å². The number of anilines is 2. The largest absolute Gasteiger partial charge is 0.481 e. The number of ether oxygens (including phenoxy) is 1. The summed E-state index contributed by atoms with van der Waals surface area (Å²) < 4.78 is 28.4. The van der Waals surface area contributed by atoms with Gasteiger partial charge in [0.15, 0.2) is 0 Å². The Morgan fingerprint density at radius 1 is 0.950 bits per heavy atom. The van der Waals surface area contributed by atoms with Crippen LogP contribution in [0.4, 0.5) is 11.4 Å². The molecule has 5 rings (SSSR count). The highest BCUT2D eigenvalue weighted by molar-refractivity contribution is 7.76. The molecule has 2 heterocycles. The number of piperazine rings is 1. The first-order valence-corrected chi connectivity index (χ1v) is 14.5. The SMILES string of the molecule is CC(CC(=O)O)N(N1CCN(c2ccc(C#Cc3ccc4cccc(N5CCOCC5)c4c3)cc2)CC1)S(=O)O. The van der Waals surface area contributed by atoms with Crippen LogP contribution < -0.4 is 9.80 Å². The van der Waals surface area contributed by atoms with Crippen molar-refractivity contribution in [1.82, 2.24) is 9.42 Å². The summed E-state index contributed by atoms with van der Waals surface area (Å²) in [5.74, 6) is 5.62. The molecule has 0 aromatic heterocycles. The topological polar surface area (TPSA) is 96.8 Å². The summed E-state index contributed by atoms with van der Waals surface area (Å²) in [6.07, 6.45) is -0.205. The van der Waals surface area contributed by atoms with E-state index in [1.165, 1.54) is 20.9 Å². The van der Waals surface area contributed by atoms with Gasteiger partial charge in [0.25, 0.3) is 0 Å². The van der Waals surface area contributed by atoms with Crippen LogP contribution in [0.3, 0.4) is 0 Å².